The number of aromatic nitrogens is 1. The maximum absolute atomic E-state index is 6.41. The fraction of sp³-hybridized carbons (Fsp3) is 0.588. The van der Waals surface area contributed by atoms with E-state index in [1.165, 1.54) is 0 Å². The molecule has 1 fully saturated rings. The number of thioether (sulfide) groups is 1. The van der Waals surface area contributed by atoms with Crippen LogP contribution < -0.4 is 0 Å². The third kappa shape index (κ3) is 3.44. The maximum atomic E-state index is 6.41. The van der Waals surface area contributed by atoms with Gasteiger partial charge in [0.1, 0.15) is 5.52 Å². The molecule has 0 bridgehead atoms. The van der Waals surface area contributed by atoms with Crippen molar-refractivity contribution in [1.82, 2.24) is 4.98 Å². The standard InChI is InChI=1S/C17H22ClNO2S/c1-17(2,3)16-19-13-5-4-12(18)15(14(13)21-16)22-10-11-6-8-20-9-7-11/h4-5,11H,6-10H2,1-3H3. The molecule has 120 valence electrons. The van der Waals surface area contributed by atoms with Crippen LogP contribution in [-0.2, 0) is 10.2 Å². The van der Waals surface area contributed by atoms with Crippen molar-refractivity contribution in [2.45, 2.75) is 43.9 Å². The summed E-state index contributed by atoms with van der Waals surface area (Å²) >= 11 is 8.20. The zero-order valence-electron chi connectivity index (χ0n) is 13.3. The van der Waals surface area contributed by atoms with Gasteiger partial charge in [0.15, 0.2) is 5.58 Å². The van der Waals surface area contributed by atoms with Crippen LogP contribution in [0.1, 0.15) is 39.5 Å². The molecule has 0 radical (unpaired) electrons. The van der Waals surface area contributed by atoms with Crippen molar-refractivity contribution in [3.8, 4) is 0 Å². The molecule has 3 nitrogen and oxygen atoms in total. The van der Waals surface area contributed by atoms with E-state index >= 15 is 0 Å². The normalized spacial score (nSPS) is 17.3. The van der Waals surface area contributed by atoms with Crippen LogP contribution in [0.3, 0.4) is 0 Å². The van der Waals surface area contributed by atoms with Gasteiger partial charge in [-0.15, -0.1) is 11.8 Å². The maximum Gasteiger partial charge on any atom is 0.200 e. The highest BCUT2D eigenvalue weighted by molar-refractivity contribution is 7.99. The Kier molecular flexibility index (Phi) is 4.72. The minimum absolute atomic E-state index is 0.103. The Morgan fingerprint density at radius 3 is 2.68 bits per heavy atom. The summed E-state index contributed by atoms with van der Waals surface area (Å²) in [6.45, 7) is 8.07. The highest BCUT2D eigenvalue weighted by Crippen LogP contribution is 2.38. The van der Waals surface area contributed by atoms with Gasteiger partial charge in [-0.25, -0.2) is 4.98 Å². The van der Waals surface area contributed by atoms with Gasteiger partial charge < -0.3 is 9.15 Å². The second-order valence-electron chi connectivity index (χ2n) is 6.86. The van der Waals surface area contributed by atoms with Crippen LogP contribution in [0.4, 0.5) is 0 Å². The van der Waals surface area contributed by atoms with E-state index in [-0.39, 0.29) is 5.41 Å². The largest absolute Gasteiger partial charge is 0.439 e. The molecule has 2 aromatic rings. The minimum Gasteiger partial charge on any atom is -0.439 e. The Bertz CT molecular complexity index is 656. The van der Waals surface area contributed by atoms with Gasteiger partial charge in [0.05, 0.1) is 9.92 Å². The summed E-state index contributed by atoms with van der Waals surface area (Å²) in [5.41, 5.74) is 1.62. The number of fused-ring (bicyclic) bond motifs is 1. The van der Waals surface area contributed by atoms with Crippen LogP contribution >= 0.6 is 23.4 Å². The lowest BCUT2D eigenvalue weighted by molar-refractivity contribution is 0.0728. The van der Waals surface area contributed by atoms with Crippen molar-refractivity contribution in [3.05, 3.63) is 23.0 Å². The minimum atomic E-state index is -0.103. The van der Waals surface area contributed by atoms with Gasteiger partial charge in [0.2, 0.25) is 5.89 Å². The van der Waals surface area contributed by atoms with Crippen LogP contribution in [0.25, 0.3) is 11.1 Å². The number of ether oxygens (including phenoxy) is 1. The van der Waals surface area contributed by atoms with Gasteiger partial charge >= 0.3 is 0 Å². The van der Waals surface area contributed by atoms with Gasteiger partial charge in [0.25, 0.3) is 0 Å². The van der Waals surface area contributed by atoms with E-state index in [9.17, 15) is 0 Å². The third-order valence-corrected chi connectivity index (χ3v) is 5.67. The lowest BCUT2D eigenvalue weighted by atomic mass is 9.97. The molecule has 1 aliphatic rings. The Morgan fingerprint density at radius 2 is 2.00 bits per heavy atom. The molecule has 22 heavy (non-hydrogen) atoms. The number of benzene rings is 1. The third-order valence-electron chi connectivity index (χ3n) is 3.91. The predicted molar refractivity (Wildman–Crippen MR) is 92.0 cm³/mol. The molecular formula is C17H22ClNO2S. The fourth-order valence-electron chi connectivity index (χ4n) is 2.51. The molecule has 0 N–H and O–H groups in total. The van der Waals surface area contributed by atoms with E-state index in [2.05, 4.69) is 25.8 Å². The van der Waals surface area contributed by atoms with Gasteiger partial charge in [-0.05, 0) is 30.9 Å². The monoisotopic (exact) mass is 339 g/mol. The smallest absolute Gasteiger partial charge is 0.200 e. The molecule has 2 heterocycles. The van der Waals surface area contributed by atoms with Crippen molar-refractivity contribution >= 4 is 34.5 Å². The van der Waals surface area contributed by atoms with Gasteiger partial charge in [-0.1, -0.05) is 32.4 Å². The molecule has 1 aromatic heterocycles. The molecule has 0 aliphatic carbocycles. The first kappa shape index (κ1) is 16.2. The molecular weight excluding hydrogens is 318 g/mol. The molecule has 3 rings (SSSR count). The van der Waals surface area contributed by atoms with Crippen LogP contribution in [0.5, 0.6) is 0 Å². The number of oxazole rings is 1. The van der Waals surface area contributed by atoms with E-state index in [0.29, 0.717) is 5.92 Å². The summed E-state index contributed by atoms with van der Waals surface area (Å²) in [7, 11) is 0. The van der Waals surface area contributed by atoms with E-state index in [1.54, 1.807) is 11.8 Å². The van der Waals surface area contributed by atoms with E-state index < -0.39 is 0 Å². The summed E-state index contributed by atoms with van der Waals surface area (Å²) in [5, 5.41) is 0.751. The summed E-state index contributed by atoms with van der Waals surface area (Å²) < 4.78 is 11.5. The molecule has 5 heteroatoms. The second kappa shape index (κ2) is 6.42. The topological polar surface area (TPSA) is 35.3 Å². The molecule has 0 unspecified atom stereocenters. The summed E-state index contributed by atoms with van der Waals surface area (Å²) in [5.74, 6) is 2.50. The Balaban J connectivity index is 1.86. The molecule has 1 saturated heterocycles. The SMILES string of the molecule is CC(C)(C)c1nc2ccc(Cl)c(SCC3CCOCC3)c2o1. The molecule has 0 saturated carbocycles. The van der Waals surface area contributed by atoms with Gasteiger partial charge in [0, 0.05) is 24.4 Å². The Morgan fingerprint density at radius 1 is 1.27 bits per heavy atom. The number of hydrogen-bond donors (Lipinski definition) is 0. The first-order valence-corrected chi connectivity index (χ1v) is 9.11. The van der Waals surface area contributed by atoms with E-state index in [4.69, 9.17) is 20.8 Å². The number of halogens is 1. The highest BCUT2D eigenvalue weighted by Gasteiger charge is 2.23. The average molecular weight is 340 g/mol. The van der Waals surface area contributed by atoms with Gasteiger partial charge in [-0.3, -0.25) is 0 Å². The Labute approximate surface area is 140 Å². The summed E-state index contributed by atoms with van der Waals surface area (Å²) in [6.07, 6.45) is 2.26. The zero-order valence-corrected chi connectivity index (χ0v) is 14.9. The summed E-state index contributed by atoms with van der Waals surface area (Å²) in [4.78, 5) is 5.64. The first-order valence-electron chi connectivity index (χ1n) is 7.75. The van der Waals surface area contributed by atoms with Crippen molar-refractivity contribution in [2.24, 2.45) is 5.92 Å². The van der Waals surface area contributed by atoms with Crippen LogP contribution in [0.15, 0.2) is 21.4 Å². The molecule has 0 amide bonds. The number of hydrogen-bond acceptors (Lipinski definition) is 4. The van der Waals surface area contributed by atoms with Crippen molar-refractivity contribution in [2.75, 3.05) is 19.0 Å². The van der Waals surface area contributed by atoms with Crippen molar-refractivity contribution in [1.29, 1.82) is 0 Å². The molecule has 1 aliphatic heterocycles. The Hall–Kier alpha value is -0.710. The quantitative estimate of drug-likeness (QED) is 0.711. The zero-order chi connectivity index (χ0) is 15.7. The molecule has 1 aromatic carbocycles. The van der Waals surface area contributed by atoms with Crippen molar-refractivity contribution < 1.29 is 9.15 Å². The van der Waals surface area contributed by atoms with Gasteiger partial charge in [-0.2, -0.15) is 0 Å². The predicted octanol–water partition coefficient (Wildman–Crippen LogP) is 5.30. The van der Waals surface area contributed by atoms with Crippen LogP contribution in [0.2, 0.25) is 5.02 Å². The van der Waals surface area contributed by atoms with E-state index in [1.807, 2.05) is 12.1 Å². The van der Waals surface area contributed by atoms with Crippen molar-refractivity contribution in [3.63, 3.8) is 0 Å². The average Bonchev–Trinajstić information content (AvgIpc) is 2.92. The number of rotatable bonds is 3. The molecule has 0 spiro atoms. The van der Waals surface area contributed by atoms with Crippen LogP contribution in [-0.4, -0.2) is 24.0 Å². The summed E-state index contributed by atoms with van der Waals surface area (Å²) in [6, 6.07) is 3.86. The number of nitrogens with zero attached hydrogens (tertiary/aromatic N) is 1. The second-order valence-corrected chi connectivity index (χ2v) is 8.30. The lowest BCUT2D eigenvalue weighted by Crippen LogP contribution is -2.17. The molecule has 0 atom stereocenters. The lowest BCUT2D eigenvalue weighted by Gasteiger charge is -2.21. The highest BCUT2D eigenvalue weighted by atomic mass is 35.5. The van der Waals surface area contributed by atoms with Crippen LogP contribution in [0, 0.1) is 5.92 Å². The fourth-order valence-corrected chi connectivity index (χ4v) is 4.04. The van der Waals surface area contributed by atoms with E-state index in [0.717, 1.165) is 58.7 Å². The first-order chi connectivity index (χ1) is 10.4.